The predicted molar refractivity (Wildman–Crippen MR) is 117 cm³/mol. The zero-order valence-electron chi connectivity index (χ0n) is 18.2. The van der Waals surface area contributed by atoms with Gasteiger partial charge in [0.25, 0.3) is 5.56 Å². The summed E-state index contributed by atoms with van der Waals surface area (Å²) in [4.78, 5) is 30.0. The maximum Gasteiger partial charge on any atom is 0.340 e. The van der Waals surface area contributed by atoms with Gasteiger partial charge in [0.1, 0.15) is 12.4 Å². The van der Waals surface area contributed by atoms with Gasteiger partial charge in [0.2, 0.25) is 0 Å². The van der Waals surface area contributed by atoms with Crippen molar-refractivity contribution in [1.29, 1.82) is 0 Å². The lowest BCUT2D eigenvalue weighted by Crippen LogP contribution is -2.32. The number of fused-ring (bicyclic) bond motifs is 5. The van der Waals surface area contributed by atoms with E-state index in [1.165, 1.54) is 6.07 Å². The van der Waals surface area contributed by atoms with Gasteiger partial charge in [0, 0.05) is 29.2 Å². The van der Waals surface area contributed by atoms with Crippen molar-refractivity contribution >= 4 is 16.9 Å². The van der Waals surface area contributed by atoms with Crippen molar-refractivity contribution in [3.63, 3.8) is 0 Å². The second kappa shape index (κ2) is 7.20. The number of halogens is 1. The zero-order valence-corrected chi connectivity index (χ0v) is 18.2. The quantitative estimate of drug-likeness (QED) is 0.466. The van der Waals surface area contributed by atoms with Crippen LogP contribution in [0, 0.1) is 12.7 Å². The summed E-state index contributed by atoms with van der Waals surface area (Å²) in [5.41, 5.74) is 5.49. The van der Waals surface area contributed by atoms with Crippen LogP contribution >= 0.6 is 0 Å². The number of cyclic esters (lactones) is 1. The van der Waals surface area contributed by atoms with Gasteiger partial charge in [-0.1, -0.05) is 0 Å². The van der Waals surface area contributed by atoms with Gasteiger partial charge >= 0.3 is 5.97 Å². The molecule has 2 aromatic heterocycles. The van der Waals surface area contributed by atoms with Gasteiger partial charge < -0.3 is 19.5 Å². The van der Waals surface area contributed by atoms with Gasteiger partial charge in [-0.3, -0.25) is 4.79 Å². The molecule has 0 radical (unpaired) electrons. The van der Waals surface area contributed by atoms with E-state index < -0.39 is 12.1 Å². The van der Waals surface area contributed by atoms with Crippen LogP contribution < -0.4 is 5.56 Å². The number of hydrogen-bond donors (Lipinski definition) is 2. The molecule has 0 spiro atoms. The zero-order chi connectivity index (χ0) is 23.0. The lowest BCUT2D eigenvalue weighted by atomic mass is 9.76. The molecule has 6 rings (SSSR count). The first kappa shape index (κ1) is 20.5. The molecule has 3 aromatic rings. The third-order valence-electron chi connectivity index (χ3n) is 7.48. The topological polar surface area (TPSA) is 102 Å². The highest BCUT2D eigenvalue weighted by molar-refractivity contribution is 5.93. The summed E-state index contributed by atoms with van der Waals surface area (Å²) in [6, 6.07) is 3.11. The second-order valence-electron chi connectivity index (χ2n) is 9.18. The fourth-order valence-corrected chi connectivity index (χ4v) is 5.82. The van der Waals surface area contributed by atoms with E-state index in [0.717, 1.165) is 41.3 Å². The average Bonchev–Trinajstić information content (AvgIpc) is 3.17. The molecule has 0 fully saturated rings. The number of aliphatic hydroxyl groups excluding tert-OH is 2. The molecule has 7 nitrogen and oxygen atoms in total. The Labute approximate surface area is 188 Å². The Bertz CT molecular complexity index is 1430. The van der Waals surface area contributed by atoms with E-state index in [2.05, 4.69) is 0 Å². The Balaban J connectivity index is 1.65. The van der Waals surface area contributed by atoms with E-state index in [1.807, 2.05) is 0 Å². The molecular formula is C25H23FN2O5. The molecule has 2 aliphatic heterocycles. The highest BCUT2D eigenvalue weighted by atomic mass is 19.1. The largest absolute Gasteiger partial charge is 0.458 e. The minimum atomic E-state index is -1.51. The molecule has 8 heteroatoms. The summed E-state index contributed by atoms with van der Waals surface area (Å²) < 4.78 is 21.4. The van der Waals surface area contributed by atoms with Gasteiger partial charge in [0.15, 0.2) is 6.10 Å². The standard InChI is InChI=1S/C25H23FN2O5/c1-11-13-5-4-12(3-2-6-29)20-15-9-28-19(22(15)27-18(21(13)20)8-17(11)26)7-14-16(24(28)31)10-33-25(32)23(14)30/h7-8,12,23,29-30H,2-6,9-10H2,1H3/t12-,23?/m0/s1. The number of esters is 1. The summed E-state index contributed by atoms with van der Waals surface area (Å²) in [6.07, 6.45) is 1.52. The lowest BCUT2D eigenvalue weighted by molar-refractivity contribution is -0.157. The summed E-state index contributed by atoms with van der Waals surface area (Å²) in [5, 5.41) is 20.7. The van der Waals surface area contributed by atoms with E-state index in [1.54, 1.807) is 17.6 Å². The number of rotatable bonds is 3. The Morgan fingerprint density at radius 3 is 2.85 bits per heavy atom. The maximum atomic E-state index is 14.8. The van der Waals surface area contributed by atoms with Crippen LogP contribution in [0.25, 0.3) is 22.3 Å². The van der Waals surface area contributed by atoms with Crippen LogP contribution in [0.1, 0.15) is 64.7 Å². The number of aromatic nitrogens is 2. The summed E-state index contributed by atoms with van der Waals surface area (Å²) in [5.74, 6) is -0.912. The van der Waals surface area contributed by atoms with E-state index in [4.69, 9.17) is 9.72 Å². The number of nitrogens with zero attached hydrogens (tertiary/aromatic N) is 2. The molecule has 3 aliphatic rings. The van der Waals surface area contributed by atoms with Gasteiger partial charge in [-0.25, -0.2) is 14.2 Å². The minimum Gasteiger partial charge on any atom is -0.458 e. The van der Waals surface area contributed by atoms with Crippen molar-refractivity contribution in [3.05, 3.63) is 61.7 Å². The Kier molecular flexibility index (Phi) is 4.47. The van der Waals surface area contributed by atoms with Gasteiger partial charge in [-0.05, 0) is 61.3 Å². The minimum absolute atomic E-state index is 0.0978. The van der Waals surface area contributed by atoms with Crippen LogP contribution in [0.3, 0.4) is 0 Å². The van der Waals surface area contributed by atoms with Crippen molar-refractivity contribution in [2.45, 2.75) is 57.8 Å². The third-order valence-corrected chi connectivity index (χ3v) is 7.48. The molecule has 1 unspecified atom stereocenters. The molecular weight excluding hydrogens is 427 g/mol. The molecule has 2 atom stereocenters. The molecule has 0 saturated heterocycles. The van der Waals surface area contributed by atoms with E-state index in [-0.39, 0.29) is 41.6 Å². The van der Waals surface area contributed by atoms with E-state index in [9.17, 15) is 24.2 Å². The average molecular weight is 450 g/mol. The normalized spacial score (nSPS) is 20.4. The Hall–Kier alpha value is -3.10. The molecule has 170 valence electrons. The van der Waals surface area contributed by atoms with Crippen LogP contribution in [0.15, 0.2) is 16.9 Å². The van der Waals surface area contributed by atoms with Gasteiger partial charge in [-0.2, -0.15) is 0 Å². The highest BCUT2D eigenvalue weighted by Crippen LogP contribution is 2.47. The predicted octanol–water partition coefficient (Wildman–Crippen LogP) is 2.77. The van der Waals surface area contributed by atoms with Crippen molar-refractivity contribution in [2.75, 3.05) is 6.61 Å². The number of carbonyl (C=O) groups excluding carboxylic acids is 1. The molecule has 2 N–H and O–H groups in total. The smallest absolute Gasteiger partial charge is 0.340 e. The number of aryl methyl sites for hydroxylation is 1. The number of benzene rings is 1. The Morgan fingerprint density at radius 1 is 1.24 bits per heavy atom. The first-order valence-corrected chi connectivity index (χ1v) is 11.3. The van der Waals surface area contributed by atoms with Crippen LogP contribution in [0.4, 0.5) is 4.39 Å². The van der Waals surface area contributed by atoms with E-state index in [0.29, 0.717) is 35.4 Å². The highest BCUT2D eigenvalue weighted by Gasteiger charge is 2.37. The lowest BCUT2D eigenvalue weighted by Gasteiger charge is -2.29. The monoisotopic (exact) mass is 450 g/mol. The number of carbonyl (C=O) groups is 1. The number of pyridine rings is 2. The molecule has 1 aliphatic carbocycles. The summed E-state index contributed by atoms with van der Waals surface area (Å²) in [7, 11) is 0. The number of ether oxygens (including phenoxy) is 1. The number of hydrogen-bond acceptors (Lipinski definition) is 6. The first-order valence-electron chi connectivity index (χ1n) is 11.3. The molecule has 1 aromatic carbocycles. The molecule has 0 amide bonds. The summed E-state index contributed by atoms with van der Waals surface area (Å²) in [6.45, 7) is 2.04. The van der Waals surface area contributed by atoms with E-state index >= 15 is 0 Å². The fourth-order valence-electron chi connectivity index (χ4n) is 5.82. The van der Waals surface area contributed by atoms with Gasteiger partial charge in [0.05, 0.1) is 29.0 Å². The second-order valence-corrected chi connectivity index (χ2v) is 9.18. The van der Waals surface area contributed by atoms with Crippen molar-refractivity contribution in [1.82, 2.24) is 9.55 Å². The van der Waals surface area contributed by atoms with Crippen molar-refractivity contribution in [3.8, 4) is 11.4 Å². The molecule has 4 heterocycles. The third kappa shape index (κ3) is 2.77. The fraction of sp³-hybridized carbons (Fsp3) is 0.400. The van der Waals surface area contributed by atoms with Crippen molar-refractivity contribution < 1.29 is 24.1 Å². The summed E-state index contributed by atoms with van der Waals surface area (Å²) >= 11 is 0. The molecule has 0 saturated carbocycles. The number of aliphatic hydroxyl groups is 2. The SMILES string of the molecule is Cc1c(F)cc2nc3c(c4c2c1CC[C@@H]4CCCO)Cn1c-3cc2c(c1=O)COC(=O)C2O. The van der Waals surface area contributed by atoms with Crippen molar-refractivity contribution in [2.24, 2.45) is 0 Å². The molecule has 33 heavy (non-hydrogen) atoms. The maximum absolute atomic E-state index is 14.8. The Morgan fingerprint density at radius 2 is 2.06 bits per heavy atom. The van der Waals surface area contributed by atoms with Crippen LogP contribution in [0.5, 0.6) is 0 Å². The van der Waals surface area contributed by atoms with Crippen LogP contribution in [-0.2, 0) is 29.1 Å². The molecule has 0 bridgehead atoms. The van der Waals surface area contributed by atoms with Crippen LogP contribution in [-0.4, -0.2) is 32.3 Å². The first-order chi connectivity index (χ1) is 15.9. The van der Waals surface area contributed by atoms with Gasteiger partial charge in [-0.15, -0.1) is 0 Å². The van der Waals surface area contributed by atoms with Crippen LogP contribution in [0.2, 0.25) is 0 Å².